The first-order valence-electron chi connectivity index (χ1n) is 5.80. The van der Waals surface area contributed by atoms with Crippen molar-refractivity contribution < 1.29 is 5.11 Å². The molecule has 0 aliphatic heterocycles. The van der Waals surface area contributed by atoms with Gasteiger partial charge in [0, 0.05) is 0 Å². The number of aromatic hydroxyl groups is 1. The van der Waals surface area contributed by atoms with Gasteiger partial charge in [-0.2, -0.15) is 0 Å². The molecule has 2 heteroatoms. The highest BCUT2D eigenvalue weighted by Gasteiger charge is 2.15. The van der Waals surface area contributed by atoms with E-state index < -0.39 is 0 Å². The van der Waals surface area contributed by atoms with Gasteiger partial charge in [-0.25, -0.2) is 0 Å². The van der Waals surface area contributed by atoms with Crippen molar-refractivity contribution in [3.63, 3.8) is 0 Å². The minimum absolute atomic E-state index is 0.558. The van der Waals surface area contributed by atoms with Crippen molar-refractivity contribution in [3.05, 3.63) is 28.8 Å². The number of rotatable bonds is 3. The van der Waals surface area contributed by atoms with E-state index in [1.165, 1.54) is 24.0 Å². The van der Waals surface area contributed by atoms with Crippen LogP contribution in [0.15, 0.2) is 12.1 Å². The largest absolute Gasteiger partial charge is 0.507 e. The third-order valence-corrected chi connectivity index (χ3v) is 3.23. The highest BCUT2D eigenvalue weighted by Crippen LogP contribution is 2.31. The summed E-state index contributed by atoms with van der Waals surface area (Å²) < 4.78 is 0. The number of phenols is 1. The van der Waals surface area contributed by atoms with Gasteiger partial charge in [0.2, 0.25) is 0 Å². The summed E-state index contributed by atoms with van der Waals surface area (Å²) in [7, 11) is 1.94. The second-order valence-corrected chi connectivity index (χ2v) is 4.27. The summed E-state index contributed by atoms with van der Waals surface area (Å²) in [6.45, 7) is 0.923. The van der Waals surface area contributed by atoms with Gasteiger partial charge < -0.3 is 10.4 Å². The molecular formula is C13H19NO. The lowest BCUT2D eigenvalue weighted by Gasteiger charge is -2.18. The minimum Gasteiger partial charge on any atom is -0.507 e. The van der Waals surface area contributed by atoms with Crippen LogP contribution in [0.5, 0.6) is 5.75 Å². The summed E-state index contributed by atoms with van der Waals surface area (Å²) in [4.78, 5) is 0. The molecule has 0 amide bonds. The maximum absolute atomic E-state index is 10.1. The number of aryl methyl sites for hydroxylation is 1. The zero-order valence-corrected chi connectivity index (χ0v) is 9.34. The van der Waals surface area contributed by atoms with E-state index in [0.29, 0.717) is 5.75 Å². The first kappa shape index (κ1) is 10.5. The molecule has 0 radical (unpaired) electrons. The topological polar surface area (TPSA) is 32.3 Å². The van der Waals surface area contributed by atoms with E-state index in [4.69, 9.17) is 0 Å². The number of nitrogens with one attached hydrogen (secondary N) is 1. The summed E-state index contributed by atoms with van der Waals surface area (Å²) in [6, 6.07) is 4.27. The lowest BCUT2D eigenvalue weighted by Crippen LogP contribution is -2.11. The van der Waals surface area contributed by atoms with Gasteiger partial charge in [-0.1, -0.05) is 12.1 Å². The van der Waals surface area contributed by atoms with Gasteiger partial charge >= 0.3 is 0 Å². The minimum atomic E-state index is 0.558. The number of phenolic OH excluding ortho intramolecular Hbond substituents is 1. The lowest BCUT2D eigenvalue weighted by molar-refractivity contribution is 0.454. The molecule has 0 atom stereocenters. The predicted octanol–water partition coefficient (Wildman–Crippen LogP) is 2.03. The Bertz CT molecular complexity index is 347. The molecule has 2 rings (SSSR count). The summed E-state index contributed by atoms with van der Waals surface area (Å²) in [5.41, 5.74) is 3.65. The van der Waals surface area contributed by atoms with Crippen LogP contribution in [0, 0.1) is 0 Å². The van der Waals surface area contributed by atoms with Crippen molar-refractivity contribution in [1.29, 1.82) is 0 Å². The lowest BCUT2D eigenvalue weighted by atomic mass is 9.89. The SMILES string of the molecule is CNCCc1ccc2c(c1O)CCCC2. The van der Waals surface area contributed by atoms with Crippen molar-refractivity contribution in [2.75, 3.05) is 13.6 Å². The van der Waals surface area contributed by atoms with E-state index in [9.17, 15) is 5.11 Å². The molecule has 1 aromatic carbocycles. The maximum atomic E-state index is 10.1. The first-order chi connectivity index (χ1) is 7.33. The van der Waals surface area contributed by atoms with Crippen molar-refractivity contribution in [1.82, 2.24) is 5.32 Å². The quantitative estimate of drug-likeness (QED) is 0.791. The number of likely N-dealkylation sites (N-methyl/N-ethyl adjacent to an activating group) is 1. The molecule has 15 heavy (non-hydrogen) atoms. The van der Waals surface area contributed by atoms with Crippen LogP contribution in [0.25, 0.3) is 0 Å². The van der Waals surface area contributed by atoms with Crippen molar-refractivity contribution >= 4 is 0 Å². The monoisotopic (exact) mass is 205 g/mol. The van der Waals surface area contributed by atoms with Crippen molar-refractivity contribution in [2.24, 2.45) is 0 Å². The summed E-state index contributed by atoms with van der Waals surface area (Å²) in [5.74, 6) is 0.558. The van der Waals surface area contributed by atoms with Gasteiger partial charge in [-0.3, -0.25) is 0 Å². The van der Waals surface area contributed by atoms with Crippen LogP contribution in [-0.2, 0) is 19.3 Å². The van der Waals surface area contributed by atoms with E-state index in [0.717, 1.165) is 31.4 Å². The Balaban J connectivity index is 2.26. The molecule has 0 spiro atoms. The van der Waals surface area contributed by atoms with Crippen LogP contribution in [0.3, 0.4) is 0 Å². The van der Waals surface area contributed by atoms with Crippen molar-refractivity contribution in [3.8, 4) is 5.75 Å². The number of hydrogen-bond acceptors (Lipinski definition) is 2. The van der Waals surface area contributed by atoms with Gasteiger partial charge in [-0.15, -0.1) is 0 Å². The Morgan fingerprint density at radius 1 is 1.27 bits per heavy atom. The molecule has 0 fully saturated rings. The third kappa shape index (κ3) is 2.15. The fourth-order valence-electron chi connectivity index (χ4n) is 2.32. The third-order valence-electron chi connectivity index (χ3n) is 3.23. The molecule has 1 aromatic rings. The van der Waals surface area contributed by atoms with Gasteiger partial charge in [-0.05, 0) is 62.4 Å². The predicted molar refractivity (Wildman–Crippen MR) is 62.4 cm³/mol. The average molecular weight is 205 g/mol. The maximum Gasteiger partial charge on any atom is 0.122 e. The Labute approximate surface area is 91.3 Å². The van der Waals surface area contributed by atoms with Crippen LogP contribution in [0.2, 0.25) is 0 Å². The fraction of sp³-hybridized carbons (Fsp3) is 0.538. The number of fused-ring (bicyclic) bond motifs is 1. The molecule has 82 valence electrons. The first-order valence-corrected chi connectivity index (χ1v) is 5.80. The summed E-state index contributed by atoms with van der Waals surface area (Å²) in [6.07, 6.45) is 5.58. The second kappa shape index (κ2) is 4.67. The van der Waals surface area contributed by atoms with Crippen LogP contribution in [0.1, 0.15) is 29.5 Å². The normalized spacial score (nSPS) is 15.0. The molecule has 0 aromatic heterocycles. The fourth-order valence-corrected chi connectivity index (χ4v) is 2.32. The van der Waals surface area contributed by atoms with E-state index >= 15 is 0 Å². The molecule has 2 N–H and O–H groups in total. The van der Waals surface area contributed by atoms with Crippen LogP contribution >= 0.6 is 0 Å². The van der Waals surface area contributed by atoms with Crippen LogP contribution in [-0.4, -0.2) is 18.7 Å². The Morgan fingerprint density at radius 2 is 2.07 bits per heavy atom. The van der Waals surface area contributed by atoms with Crippen molar-refractivity contribution in [2.45, 2.75) is 32.1 Å². The summed E-state index contributed by atoms with van der Waals surface area (Å²) >= 11 is 0. The molecular weight excluding hydrogens is 186 g/mol. The van der Waals surface area contributed by atoms with E-state index in [1.807, 2.05) is 7.05 Å². The standard InChI is InChI=1S/C13H19NO/c1-14-9-8-11-7-6-10-4-2-3-5-12(10)13(11)15/h6-7,14-15H,2-5,8-9H2,1H3. The average Bonchev–Trinajstić information content (AvgIpc) is 2.29. The van der Waals surface area contributed by atoms with Gasteiger partial charge in [0.15, 0.2) is 0 Å². The highest BCUT2D eigenvalue weighted by molar-refractivity contribution is 5.46. The molecule has 0 unspecified atom stereocenters. The van der Waals surface area contributed by atoms with Gasteiger partial charge in [0.25, 0.3) is 0 Å². The highest BCUT2D eigenvalue weighted by atomic mass is 16.3. The Kier molecular flexibility index (Phi) is 3.27. The zero-order chi connectivity index (χ0) is 10.7. The molecule has 0 bridgehead atoms. The molecule has 1 aliphatic carbocycles. The Hall–Kier alpha value is -1.02. The molecule has 0 saturated carbocycles. The van der Waals surface area contributed by atoms with Crippen LogP contribution < -0.4 is 5.32 Å². The second-order valence-electron chi connectivity index (χ2n) is 4.27. The number of hydrogen-bond donors (Lipinski definition) is 2. The summed E-state index contributed by atoms with van der Waals surface area (Å²) in [5, 5.41) is 13.2. The van der Waals surface area contributed by atoms with E-state index in [-0.39, 0.29) is 0 Å². The smallest absolute Gasteiger partial charge is 0.122 e. The van der Waals surface area contributed by atoms with Crippen LogP contribution in [0.4, 0.5) is 0 Å². The van der Waals surface area contributed by atoms with E-state index in [1.54, 1.807) is 0 Å². The molecule has 2 nitrogen and oxygen atoms in total. The number of benzene rings is 1. The Morgan fingerprint density at radius 3 is 2.87 bits per heavy atom. The molecule has 0 heterocycles. The van der Waals surface area contributed by atoms with Gasteiger partial charge in [0.05, 0.1) is 0 Å². The van der Waals surface area contributed by atoms with Gasteiger partial charge in [0.1, 0.15) is 5.75 Å². The molecule has 1 aliphatic rings. The van der Waals surface area contributed by atoms with E-state index in [2.05, 4.69) is 17.4 Å². The zero-order valence-electron chi connectivity index (χ0n) is 9.34. The molecule has 0 saturated heterocycles.